The number of anilines is 5. The topological polar surface area (TPSA) is 212 Å². The van der Waals surface area contributed by atoms with Crippen LogP contribution in [-0.2, 0) is 14.1 Å². The zero-order valence-electron chi connectivity index (χ0n) is 42.9. The van der Waals surface area contributed by atoms with Crippen LogP contribution in [0, 0.1) is 26.0 Å². The first-order chi connectivity index (χ1) is 35.1. The Balaban J connectivity index is 0.000000210. The number of likely N-dealkylation sites (N-methyl/N-ethyl adjacent to an activating group) is 4. The Morgan fingerprint density at radius 1 is 0.658 bits per heavy atom. The van der Waals surface area contributed by atoms with E-state index >= 15 is 0 Å². The molecular formula is C52H63FN14O6. The minimum Gasteiger partial charge on any atom is -0.494 e. The molecule has 73 heavy (non-hydrogen) atoms. The van der Waals surface area contributed by atoms with Crippen molar-refractivity contribution in [1.29, 1.82) is 0 Å². The van der Waals surface area contributed by atoms with E-state index in [1.807, 2.05) is 99.6 Å². The number of halogens is 1. The van der Waals surface area contributed by atoms with Crippen LogP contribution in [0.15, 0.2) is 110 Å². The Bertz CT molecular complexity index is 3160. The van der Waals surface area contributed by atoms with Gasteiger partial charge < -0.3 is 49.3 Å². The lowest BCUT2D eigenvalue weighted by Crippen LogP contribution is -2.31. The molecule has 0 radical (unpaired) electrons. The number of hydrogen-bond donors (Lipinski definition) is 3. The van der Waals surface area contributed by atoms with E-state index in [0.717, 1.165) is 83.5 Å². The van der Waals surface area contributed by atoms with Crippen LogP contribution in [0.1, 0.15) is 13.8 Å². The SMILES string of the molecule is CCN(C)CCN(C)c1cc(OC)c(Nc2nccc(-c3cn(C)c4ccccc34)n2)cc1[N+](=O)[O-].CCN(C)CCNC.COc1cc(F)c([N+](=O)[O-])cc1Nc1nccc(-c2cn(C)c3ccccc23)n1. The Morgan fingerprint density at radius 3 is 1.59 bits per heavy atom. The van der Waals surface area contributed by atoms with Crippen LogP contribution in [0.5, 0.6) is 11.5 Å². The van der Waals surface area contributed by atoms with Crippen molar-refractivity contribution in [1.82, 2.24) is 44.2 Å². The van der Waals surface area contributed by atoms with Gasteiger partial charge in [0.05, 0.1) is 46.8 Å². The minimum absolute atomic E-state index is 0.0230. The molecule has 0 aliphatic rings. The van der Waals surface area contributed by atoms with Crippen molar-refractivity contribution >= 4 is 62.1 Å². The van der Waals surface area contributed by atoms with E-state index in [0.29, 0.717) is 35.3 Å². The molecule has 0 fully saturated rings. The molecule has 20 nitrogen and oxygen atoms in total. The largest absolute Gasteiger partial charge is 0.494 e. The molecule has 3 N–H and O–H groups in total. The van der Waals surface area contributed by atoms with Crippen LogP contribution >= 0.6 is 0 Å². The van der Waals surface area contributed by atoms with Gasteiger partial charge in [-0.2, -0.15) is 4.39 Å². The summed E-state index contributed by atoms with van der Waals surface area (Å²) in [6.45, 7) is 9.93. The highest BCUT2D eigenvalue weighted by atomic mass is 19.1. The molecule has 0 amide bonds. The number of ether oxygens (including phenoxy) is 2. The zero-order chi connectivity index (χ0) is 52.8. The molecule has 0 saturated carbocycles. The van der Waals surface area contributed by atoms with Gasteiger partial charge in [-0.25, -0.2) is 19.9 Å². The average Bonchev–Trinajstić information content (AvgIpc) is 3.93. The molecule has 4 heterocycles. The van der Waals surface area contributed by atoms with Crippen LogP contribution in [0.4, 0.5) is 44.7 Å². The van der Waals surface area contributed by atoms with Gasteiger partial charge in [-0.05, 0) is 58.5 Å². The number of nitrogens with zero attached hydrogens (tertiary/aromatic N) is 11. The Kier molecular flexibility index (Phi) is 18.7. The summed E-state index contributed by atoms with van der Waals surface area (Å²) < 4.78 is 28.6. The number of methoxy groups -OCH3 is 2. The van der Waals surface area contributed by atoms with Gasteiger partial charge in [0.2, 0.25) is 17.7 Å². The van der Waals surface area contributed by atoms with Crippen molar-refractivity contribution in [2.45, 2.75) is 13.8 Å². The van der Waals surface area contributed by atoms with Crippen LogP contribution in [0.2, 0.25) is 0 Å². The first-order valence-electron chi connectivity index (χ1n) is 23.5. The van der Waals surface area contributed by atoms with Gasteiger partial charge in [0.15, 0.2) is 0 Å². The highest BCUT2D eigenvalue weighted by Crippen LogP contribution is 2.40. The number of hydrogen-bond acceptors (Lipinski definition) is 16. The Morgan fingerprint density at radius 2 is 1.12 bits per heavy atom. The number of nitro groups is 2. The predicted octanol–water partition coefficient (Wildman–Crippen LogP) is 9.28. The third-order valence-electron chi connectivity index (χ3n) is 12.2. The summed E-state index contributed by atoms with van der Waals surface area (Å²) in [5.74, 6) is 0.105. The number of fused-ring (bicyclic) bond motifs is 2. The molecule has 4 aromatic carbocycles. The van der Waals surface area contributed by atoms with Gasteiger partial charge in [0.1, 0.15) is 17.2 Å². The lowest BCUT2D eigenvalue weighted by Gasteiger charge is -2.23. The second-order valence-corrected chi connectivity index (χ2v) is 17.0. The van der Waals surface area contributed by atoms with Crippen molar-refractivity contribution in [3.8, 4) is 34.0 Å². The van der Waals surface area contributed by atoms with Crippen LogP contribution in [-0.4, -0.2) is 130 Å². The molecular weight excluding hydrogens is 936 g/mol. The van der Waals surface area contributed by atoms with Crippen LogP contribution < -0.4 is 30.3 Å². The van der Waals surface area contributed by atoms with Crippen molar-refractivity contribution in [3.63, 3.8) is 0 Å². The smallest absolute Gasteiger partial charge is 0.307 e. The second kappa shape index (κ2) is 25.2. The summed E-state index contributed by atoms with van der Waals surface area (Å²) in [7, 11) is 14.8. The van der Waals surface area contributed by atoms with Gasteiger partial charge >= 0.3 is 5.69 Å². The maximum absolute atomic E-state index is 13.9. The summed E-state index contributed by atoms with van der Waals surface area (Å²) in [6.07, 6.45) is 7.25. The first-order valence-corrected chi connectivity index (χ1v) is 23.5. The standard InChI is InChI=1S/C26H31N7O3.C20H16FN5O3.C6H16N2/c1-6-30(2)13-14-31(3)23-16-25(36-5)21(15-24(23)33(34)35)29-26-27-12-11-20(28-26)19-17-32(4)22-10-8-7-9-18(19)22;1-25-11-13(12-5-3-4-6-17(12)25)15-7-8-22-20(23-15)24-16-10-18(26(27)28)14(21)9-19(16)29-2;1-4-8(3)6-5-7-2/h7-12,15-17H,6,13-14H2,1-5H3,(H,27,28,29);3-11H,1-2H3,(H,22,23,24);7H,4-6H2,1-3H3. The molecule has 0 unspecified atom stereocenters. The third kappa shape index (κ3) is 13.4. The summed E-state index contributed by atoms with van der Waals surface area (Å²) in [5, 5.41) is 34.2. The maximum atomic E-state index is 13.9. The van der Waals surface area contributed by atoms with E-state index in [1.54, 1.807) is 24.5 Å². The molecule has 384 valence electrons. The summed E-state index contributed by atoms with van der Waals surface area (Å²) in [5.41, 5.74) is 5.88. The lowest BCUT2D eigenvalue weighted by molar-refractivity contribution is -0.387. The van der Waals surface area contributed by atoms with Gasteiger partial charge in [-0.15, -0.1) is 0 Å². The highest BCUT2D eigenvalue weighted by molar-refractivity contribution is 5.96. The summed E-state index contributed by atoms with van der Waals surface area (Å²) >= 11 is 0. The fourth-order valence-electron chi connectivity index (χ4n) is 7.76. The fourth-order valence-corrected chi connectivity index (χ4v) is 7.76. The van der Waals surface area contributed by atoms with Crippen molar-refractivity contribution in [3.05, 3.63) is 136 Å². The van der Waals surface area contributed by atoms with Crippen molar-refractivity contribution in [2.24, 2.45) is 14.1 Å². The van der Waals surface area contributed by atoms with Gasteiger partial charge in [-0.3, -0.25) is 20.2 Å². The molecule has 0 atom stereocenters. The number of aryl methyl sites for hydroxylation is 2. The number of nitro benzene ring substituents is 2. The molecule has 0 bridgehead atoms. The van der Waals surface area contributed by atoms with Gasteiger partial charge in [0, 0.05) is 129 Å². The monoisotopic (exact) mass is 999 g/mol. The number of nitrogens with one attached hydrogen (secondary N) is 3. The maximum Gasteiger partial charge on any atom is 0.307 e. The van der Waals surface area contributed by atoms with E-state index in [-0.39, 0.29) is 28.0 Å². The van der Waals surface area contributed by atoms with Gasteiger partial charge in [0.25, 0.3) is 5.69 Å². The summed E-state index contributed by atoms with van der Waals surface area (Å²) in [4.78, 5) is 45.8. The number of benzene rings is 4. The van der Waals surface area contributed by atoms with E-state index < -0.39 is 16.4 Å². The van der Waals surface area contributed by atoms with E-state index in [9.17, 15) is 24.6 Å². The molecule has 4 aromatic heterocycles. The molecule has 8 aromatic rings. The van der Waals surface area contributed by atoms with Crippen LogP contribution in [0.25, 0.3) is 44.3 Å². The lowest BCUT2D eigenvalue weighted by atomic mass is 10.1. The fraction of sp³-hybridized carbons (Fsp3) is 0.308. The Hall–Kier alpha value is -8.27. The molecule has 21 heteroatoms. The number of aromatic nitrogens is 6. The highest BCUT2D eigenvalue weighted by Gasteiger charge is 2.24. The zero-order valence-corrected chi connectivity index (χ0v) is 42.9. The number of para-hydroxylation sites is 2. The Labute approximate surface area is 423 Å². The van der Waals surface area contributed by atoms with Crippen molar-refractivity contribution < 1.29 is 23.7 Å². The second-order valence-electron chi connectivity index (χ2n) is 17.0. The molecule has 0 saturated heterocycles. The molecule has 0 aliphatic heterocycles. The molecule has 8 rings (SSSR count). The van der Waals surface area contributed by atoms with Crippen LogP contribution in [0.3, 0.4) is 0 Å². The predicted molar refractivity (Wildman–Crippen MR) is 287 cm³/mol. The minimum atomic E-state index is -0.983. The normalized spacial score (nSPS) is 11.0. The van der Waals surface area contributed by atoms with E-state index in [2.05, 4.69) is 78.3 Å². The third-order valence-corrected chi connectivity index (χ3v) is 12.2. The van der Waals surface area contributed by atoms with E-state index in [4.69, 9.17) is 14.5 Å². The quantitative estimate of drug-likeness (QED) is 0.0509. The average molecular weight is 999 g/mol. The summed E-state index contributed by atoms with van der Waals surface area (Å²) in [6, 6.07) is 24.8. The molecule has 0 aliphatic carbocycles. The molecule has 0 spiro atoms. The van der Waals surface area contributed by atoms with E-state index in [1.165, 1.54) is 20.3 Å². The van der Waals surface area contributed by atoms with Crippen molar-refractivity contribution in [2.75, 3.05) is 97.2 Å². The first kappa shape index (κ1) is 54.1. The number of rotatable bonds is 19. The van der Waals surface area contributed by atoms with Gasteiger partial charge in [-0.1, -0.05) is 50.2 Å².